The summed E-state index contributed by atoms with van der Waals surface area (Å²) in [5.74, 6) is 0.893. The van der Waals surface area contributed by atoms with Crippen molar-refractivity contribution in [2.24, 2.45) is 0 Å². The van der Waals surface area contributed by atoms with Crippen LogP contribution in [0.25, 0.3) is 0 Å². The molecule has 0 heterocycles. The number of Topliss-reactive ketones (excluding diaryl/α,β-unsaturated/α-hetero) is 1. The average molecular weight is 341 g/mol. The Kier molecular flexibility index (Phi) is 6.17. The Labute approximate surface area is 148 Å². The minimum Gasteiger partial charge on any atom is -0.493 e. The van der Waals surface area contributed by atoms with E-state index in [4.69, 9.17) is 9.47 Å². The Morgan fingerprint density at radius 1 is 1.08 bits per heavy atom. The summed E-state index contributed by atoms with van der Waals surface area (Å²) >= 11 is 0. The van der Waals surface area contributed by atoms with Crippen molar-refractivity contribution in [3.05, 3.63) is 53.6 Å². The summed E-state index contributed by atoms with van der Waals surface area (Å²) in [5.41, 5.74) is 2.41. The predicted molar refractivity (Wildman–Crippen MR) is 97.7 cm³/mol. The van der Waals surface area contributed by atoms with Gasteiger partial charge in [-0.2, -0.15) is 0 Å². The summed E-state index contributed by atoms with van der Waals surface area (Å²) in [6.07, 6.45) is 0. The molecule has 5 nitrogen and oxygen atoms in total. The molecule has 5 heteroatoms. The molecule has 2 aromatic rings. The van der Waals surface area contributed by atoms with E-state index in [1.807, 2.05) is 24.3 Å². The van der Waals surface area contributed by atoms with Gasteiger partial charge in [-0.05, 0) is 48.7 Å². The second kappa shape index (κ2) is 8.33. The van der Waals surface area contributed by atoms with Crippen molar-refractivity contribution in [2.45, 2.75) is 26.7 Å². The van der Waals surface area contributed by atoms with Crippen molar-refractivity contribution < 1.29 is 19.1 Å². The molecule has 2 rings (SSSR count). The first-order chi connectivity index (χ1) is 11.9. The van der Waals surface area contributed by atoms with Gasteiger partial charge in [0.05, 0.1) is 7.11 Å². The maximum absolute atomic E-state index is 12.1. The van der Waals surface area contributed by atoms with Crippen LogP contribution in [0.1, 0.15) is 42.6 Å². The van der Waals surface area contributed by atoms with Crippen LogP contribution in [0.4, 0.5) is 5.69 Å². The van der Waals surface area contributed by atoms with Gasteiger partial charge >= 0.3 is 0 Å². The summed E-state index contributed by atoms with van der Waals surface area (Å²) in [4.78, 5) is 23.5. The number of carbonyl (C=O) groups is 2. The van der Waals surface area contributed by atoms with E-state index in [9.17, 15) is 9.59 Å². The maximum atomic E-state index is 12.1. The van der Waals surface area contributed by atoms with Crippen molar-refractivity contribution in [2.75, 3.05) is 19.0 Å². The standard InChI is InChI=1S/C20H23NO4/c1-13(2)15-6-5-7-17(10-15)21-20(23)12-25-18-9-8-16(14(3)22)11-19(18)24-4/h5-11,13H,12H2,1-4H3,(H,21,23). The van der Waals surface area contributed by atoms with Gasteiger partial charge < -0.3 is 14.8 Å². The van der Waals surface area contributed by atoms with Gasteiger partial charge in [-0.15, -0.1) is 0 Å². The molecule has 1 N–H and O–H groups in total. The minimum atomic E-state index is -0.265. The van der Waals surface area contributed by atoms with E-state index in [1.165, 1.54) is 14.0 Å². The molecule has 25 heavy (non-hydrogen) atoms. The van der Waals surface area contributed by atoms with Crippen molar-refractivity contribution in [1.82, 2.24) is 0 Å². The lowest BCUT2D eigenvalue weighted by molar-refractivity contribution is -0.118. The normalized spacial score (nSPS) is 10.4. The van der Waals surface area contributed by atoms with Crippen LogP contribution in [0.5, 0.6) is 11.5 Å². The fraction of sp³-hybridized carbons (Fsp3) is 0.300. The molecule has 0 unspecified atom stereocenters. The number of hydrogen-bond donors (Lipinski definition) is 1. The third-order valence-corrected chi connectivity index (χ3v) is 3.77. The number of ketones is 1. The molecule has 0 aliphatic rings. The van der Waals surface area contributed by atoms with Crippen molar-refractivity contribution in [3.8, 4) is 11.5 Å². The van der Waals surface area contributed by atoms with Gasteiger partial charge in [0.2, 0.25) is 0 Å². The number of hydrogen-bond acceptors (Lipinski definition) is 4. The van der Waals surface area contributed by atoms with Gasteiger partial charge in [-0.1, -0.05) is 26.0 Å². The lowest BCUT2D eigenvalue weighted by atomic mass is 10.0. The number of methoxy groups -OCH3 is 1. The molecule has 1 amide bonds. The molecule has 0 atom stereocenters. The predicted octanol–water partition coefficient (Wildman–Crippen LogP) is 4.04. The van der Waals surface area contributed by atoms with Crippen LogP contribution in [0.15, 0.2) is 42.5 Å². The summed E-state index contributed by atoms with van der Waals surface area (Å²) in [5, 5.41) is 2.82. The minimum absolute atomic E-state index is 0.0624. The Morgan fingerprint density at radius 3 is 2.48 bits per heavy atom. The van der Waals surface area contributed by atoms with Gasteiger partial charge in [0.1, 0.15) is 0 Å². The lowest BCUT2D eigenvalue weighted by Crippen LogP contribution is -2.20. The molecule has 0 aliphatic heterocycles. The van der Waals surface area contributed by atoms with E-state index in [1.54, 1.807) is 18.2 Å². The van der Waals surface area contributed by atoms with Crippen LogP contribution in [0.3, 0.4) is 0 Å². The molecule has 0 fully saturated rings. The molecular weight excluding hydrogens is 318 g/mol. The highest BCUT2D eigenvalue weighted by atomic mass is 16.5. The van der Waals surface area contributed by atoms with Crippen molar-refractivity contribution in [1.29, 1.82) is 0 Å². The number of carbonyl (C=O) groups excluding carboxylic acids is 2. The molecule has 0 saturated heterocycles. The monoisotopic (exact) mass is 341 g/mol. The maximum Gasteiger partial charge on any atom is 0.262 e. The molecule has 0 aliphatic carbocycles. The Morgan fingerprint density at radius 2 is 1.84 bits per heavy atom. The Balaban J connectivity index is 2.00. The summed E-state index contributed by atoms with van der Waals surface area (Å²) in [6.45, 7) is 5.53. The smallest absolute Gasteiger partial charge is 0.262 e. The van der Waals surface area contributed by atoms with E-state index in [2.05, 4.69) is 19.2 Å². The molecule has 0 bridgehead atoms. The largest absolute Gasteiger partial charge is 0.493 e. The lowest BCUT2D eigenvalue weighted by Gasteiger charge is -2.12. The molecule has 2 aromatic carbocycles. The number of rotatable bonds is 7. The van der Waals surface area contributed by atoms with Crippen LogP contribution in [-0.4, -0.2) is 25.4 Å². The highest BCUT2D eigenvalue weighted by molar-refractivity contribution is 5.95. The number of nitrogens with one attached hydrogen (secondary N) is 1. The molecule has 132 valence electrons. The third kappa shape index (κ3) is 5.08. The quantitative estimate of drug-likeness (QED) is 0.772. The van der Waals surface area contributed by atoms with Gasteiger partial charge in [0.25, 0.3) is 5.91 Å². The topological polar surface area (TPSA) is 64.6 Å². The summed E-state index contributed by atoms with van der Waals surface area (Å²) < 4.78 is 10.7. The van der Waals surface area contributed by atoms with E-state index >= 15 is 0 Å². The average Bonchev–Trinajstić information content (AvgIpc) is 2.59. The first kappa shape index (κ1) is 18.5. The SMILES string of the molecule is COc1cc(C(C)=O)ccc1OCC(=O)Nc1cccc(C(C)C)c1. The Bertz CT molecular complexity index is 768. The molecule has 0 aromatic heterocycles. The zero-order chi connectivity index (χ0) is 18.4. The number of ether oxygens (including phenoxy) is 2. The van der Waals surface area contributed by atoms with Gasteiger partial charge in [0, 0.05) is 11.3 Å². The van der Waals surface area contributed by atoms with E-state index in [0.29, 0.717) is 23.0 Å². The first-order valence-electron chi connectivity index (χ1n) is 8.12. The second-order valence-electron chi connectivity index (χ2n) is 6.04. The van der Waals surface area contributed by atoms with Crippen LogP contribution >= 0.6 is 0 Å². The van der Waals surface area contributed by atoms with Crippen LogP contribution < -0.4 is 14.8 Å². The van der Waals surface area contributed by atoms with Gasteiger partial charge in [-0.25, -0.2) is 0 Å². The zero-order valence-corrected chi connectivity index (χ0v) is 15.0. The zero-order valence-electron chi connectivity index (χ0n) is 15.0. The van der Waals surface area contributed by atoms with Crippen LogP contribution in [0, 0.1) is 0 Å². The number of amides is 1. The third-order valence-electron chi connectivity index (χ3n) is 3.77. The van der Waals surface area contributed by atoms with E-state index < -0.39 is 0 Å². The Hall–Kier alpha value is -2.82. The molecule has 0 radical (unpaired) electrons. The number of benzene rings is 2. The van der Waals surface area contributed by atoms with Crippen molar-refractivity contribution >= 4 is 17.4 Å². The van der Waals surface area contributed by atoms with Crippen LogP contribution in [0.2, 0.25) is 0 Å². The molecule has 0 saturated carbocycles. The molecular formula is C20H23NO4. The van der Waals surface area contributed by atoms with E-state index in [-0.39, 0.29) is 18.3 Å². The first-order valence-corrected chi connectivity index (χ1v) is 8.12. The van der Waals surface area contributed by atoms with Gasteiger partial charge in [0.15, 0.2) is 23.9 Å². The fourth-order valence-electron chi connectivity index (χ4n) is 2.32. The summed E-state index contributed by atoms with van der Waals surface area (Å²) in [7, 11) is 1.49. The van der Waals surface area contributed by atoms with E-state index in [0.717, 1.165) is 11.3 Å². The summed E-state index contributed by atoms with van der Waals surface area (Å²) in [6, 6.07) is 12.6. The highest BCUT2D eigenvalue weighted by Crippen LogP contribution is 2.28. The van der Waals surface area contributed by atoms with Gasteiger partial charge in [-0.3, -0.25) is 9.59 Å². The second-order valence-corrected chi connectivity index (χ2v) is 6.04. The molecule has 0 spiro atoms. The van der Waals surface area contributed by atoms with Crippen molar-refractivity contribution in [3.63, 3.8) is 0 Å². The highest BCUT2D eigenvalue weighted by Gasteiger charge is 2.11. The fourth-order valence-corrected chi connectivity index (χ4v) is 2.32. The van der Waals surface area contributed by atoms with Crippen LogP contribution in [-0.2, 0) is 4.79 Å². The number of anilines is 1.